The predicted octanol–water partition coefficient (Wildman–Crippen LogP) is 5.27. The van der Waals surface area contributed by atoms with E-state index in [1.165, 1.54) is 44.1 Å². The molecule has 1 aromatic carbocycles. The lowest BCUT2D eigenvalue weighted by Crippen LogP contribution is -2.01. The van der Waals surface area contributed by atoms with Crippen LogP contribution in [0.15, 0.2) is 24.3 Å². The van der Waals surface area contributed by atoms with Gasteiger partial charge in [0.2, 0.25) is 0 Å². The van der Waals surface area contributed by atoms with E-state index in [9.17, 15) is 0 Å². The first-order valence-electron chi connectivity index (χ1n) is 6.54. The average molecular weight is 281 g/mol. The molecule has 1 aliphatic carbocycles. The van der Waals surface area contributed by atoms with Gasteiger partial charge in [-0.15, -0.1) is 0 Å². The predicted molar refractivity (Wildman–Crippen MR) is 74.1 cm³/mol. The zero-order chi connectivity index (χ0) is 11.4. The molecule has 16 heavy (non-hydrogen) atoms. The monoisotopic (exact) mass is 280 g/mol. The molecule has 2 atom stereocenters. The standard InChI is InChI=1S/C15H21Br/c1-2-3-4-5-9-13-11-12-8-6-7-10-14(12)15(13)16/h6-8,10,13,15H,2-5,9,11H2,1H3. The minimum atomic E-state index is 0.602. The minimum absolute atomic E-state index is 0.602. The summed E-state index contributed by atoms with van der Waals surface area (Å²) >= 11 is 3.87. The van der Waals surface area contributed by atoms with Crippen molar-refractivity contribution in [2.45, 2.75) is 50.3 Å². The Morgan fingerprint density at radius 1 is 1.19 bits per heavy atom. The van der Waals surface area contributed by atoms with Crippen molar-refractivity contribution in [3.8, 4) is 0 Å². The summed E-state index contributed by atoms with van der Waals surface area (Å²) in [4.78, 5) is 0.602. The van der Waals surface area contributed by atoms with Crippen LogP contribution in [0.2, 0.25) is 0 Å². The molecule has 0 saturated heterocycles. The maximum absolute atomic E-state index is 3.87. The Hall–Kier alpha value is -0.300. The van der Waals surface area contributed by atoms with Crippen molar-refractivity contribution in [1.29, 1.82) is 0 Å². The van der Waals surface area contributed by atoms with Gasteiger partial charge in [0.1, 0.15) is 0 Å². The van der Waals surface area contributed by atoms with E-state index >= 15 is 0 Å². The molecule has 0 aliphatic heterocycles. The minimum Gasteiger partial charge on any atom is -0.0836 e. The molecule has 0 amide bonds. The second-order valence-corrected chi connectivity index (χ2v) is 5.90. The van der Waals surface area contributed by atoms with Gasteiger partial charge in [0.25, 0.3) is 0 Å². The molecule has 1 aromatic rings. The fourth-order valence-electron chi connectivity index (χ4n) is 2.71. The molecule has 0 nitrogen and oxygen atoms in total. The van der Waals surface area contributed by atoms with Gasteiger partial charge in [-0.1, -0.05) is 72.8 Å². The Kier molecular flexibility index (Phi) is 4.45. The average Bonchev–Trinajstić information content (AvgIpc) is 2.63. The van der Waals surface area contributed by atoms with E-state index in [0.717, 1.165) is 5.92 Å². The van der Waals surface area contributed by atoms with Gasteiger partial charge in [-0.3, -0.25) is 0 Å². The zero-order valence-corrected chi connectivity index (χ0v) is 11.7. The van der Waals surface area contributed by atoms with E-state index in [2.05, 4.69) is 47.1 Å². The van der Waals surface area contributed by atoms with Gasteiger partial charge in [0.05, 0.1) is 0 Å². The molecule has 0 aromatic heterocycles. The summed E-state index contributed by atoms with van der Waals surface area (Å²) in [5.41, 5.74) is 3.09. The number of benzene rings is 1. The molecule has 0 radical (unpaired) electrons. The second kappa shape index (κ2) is 5.86. The molecule has 88 valence electrons. The SMILES string of the molecule is CCCCCCC1Cc2ccccc2C1Br. The van der Waals surface area contributed by atoms with Gasteiger partial charge >= 0.3 is 0 Å². The Balaban J connectivity index is 1.87. The molecule has 0 heterocycles. The fraction of sp³-hybridized carbons (Fsp3) is 0.600. The number of unbranched alkanes of at least 4 members (excludes halogenated alkanes) is 3. The Labute approximate surface area is 108 Å². The van der Waals surface area contributed by atoms with Crippen LogP contribution in [0, 0.1) is 5.92 Å². The van der Waals surface area contributed by atoms with Crippen molar-refractivity contribution in [3.05, 3.63) is 35.4 Å². The van der Waals surface area contributed by atoms with Crippen molar-refractivity contribution in [2.75, 3.05) is 0 Å². The first kappa shape index (κ1) is 12.2. The highest BCUT2D eigenvalue weighted by Gasteiger charge is 2.29. The van der Waals surface area contributed by atoms with Crippen LogP contribution in [-0.4, -0.2) is 0 Å². The molecule has 0 bridgehead atoms. The van der Waals surface area contributed by atoms with E-state index < -0.39 is 0 Å². The first-order chi connectivity index (χ1) is 7.83. The summed E-state index contributed by atoms with van der Waals surface area (Å²) in [5, 5.41) is 0. The van der Waals surface area contributed by atoms with Crippen LogP contribution < -0.4 is 0 Å². The van der Waals surface area contributed by atoms with Gasteiger partial charge in [-0.05, 0) is 29.9 Å². The number of fused-ring (bicyclic) bond motifs is 1. The van der Waals surface area contributed by atoms with E-state index in [4.69, 9.17) is 0 Å². The van der Waals surface area contributed by atoms with Crippen LogP contribution in [0.5, 0.6) is 0 Å². The smallest absolute Gasteiger partial charge is 0.0429 e. The summed E-state index contributed by atoms with van der Waals surface area (Å²) in [7, 11) is 0. The van der Waals surface area contributed by atoms with Crippen molar-refractivity contribution in [1.82, 2.24) is 0 Å². The largest absolute Gasteiger partial charge is 0.0836 e. The number of alkyl halides is 1. The van der Waals surface area contributed by atoms with Crippen molar-refractivity contribution in [2.24, 2.45) is 5.92 Å². The molecular formula is C15H21Br. The van der Waals surface area contributed by atoms with Gasteiger partial charge < -0.3 is 0 Å². The van der Waals surface area contributed by atoms with Gasteiger partial charge in [0.15, 0.2) is 0 Å². The number of hydrogen-bond donors (Lipinski definition) is 0. The van der Waals surface area contributed by atoms with Gasteiger partial charge in [0, 0.05) is 4.83 Å². The number of hydrogen-bond acceptors (Lipinski definition) is 0. The molecule has 0 N–H and O–H groups in total. The van der Waals surface area contributed by atoms with Gasteiger partial charge in [-0.2, -0.15) is 0 Å². The quantitative estimate of drug-likeness (QED) is 0.509. The first-order valence-corrected chi connectivity index (χ1v) is 7.46. The van der Waals surface area contributed by atoms with Crippen LogP contribution in [-0.2, 0) is 6.42 Å². The summed E-state index contributed by atoms with van der Waals surface area (Å²) < 4.78 is 0. The highest BCUT2D eigenvalue weighted by atomic mass is 79.9. The summed E-state index contributed by atoms with van der Waals surface area (Å²) in [6.45, 7) is 2.28. The molecule has 0 fully saturated rings. The maximum atomic E-state index is 3.87. The lowest BCUT2D eigenvalue weighted by atomic mass is 9.98. The Bertz CT molecular complexity index is 332. The second-order valence-electron chi connectivity index (χ2n) is 4.91. The number of rotatable bonds is 5. The van der Waals surface area contributed by atoms with Crippen LogP contribution in [0.25, 0.3) is 0 Å². The Morgan fingerprint density at radius 3 is 2.75 bits per heavy atom. The third kappa shape index (κ3) is 2.68. The molecule has 2 unspecified atom stereocenters. The summed E-state index contributed by atoms with van der Waals surface area (Å²) in [5.74, 6) is 0.828. The van der Waals surface area contributed by atoms with E-state index in [1.54, 1.807) is 5.56 Å². The van der Waals surface area contributed by atoms with E-state index in [-0.39, 0.29) is 0 Å². The van der Waals surface area contributed by atoms with Crippen LogP contribution >= 0.6 is 15.9 Å². The normalized spacial score (nSPS) is 23.4. The third-order valence-electron chi connectivity index (χ3n) is 3.68. The highest BCUT2D eigenvalue weighted by molar-refractivity contribution is 9.09. The van der Waals surface area contributed by atoms with Crippen LogP contribution in [0.1, 0.15) is 55.0 Å². The summed E-state index contributed by atoms with van der Waals surface area (Å²) in [6, 6.07) is 8.89. The van der Waals surface area contributed by atoms with Crippen molar-refractivity contribution in [3.63, 3.8) is 0 Å². The third-order valence-corrected chi connectivity index (χ3v) is 4.92. The fourth-order valence-corrected chi connectivity index (χ4v) is 3.61. The van der Waals surface area contributed by atoms with E-state index in [0.29, 0.717) is 4.83 Å². The lowest BCUT2D eigenvalue weighted by molar-refractivity contribution is 0.472. The zero-order valence-electron chi connectivity index (χ0n) is 10.1. The molecule has 0 spiro atoms. The molecule has 2 rings (SSSR count). The number of halogens is 1. The maximum Gasteiger partial charge on any atom is 0.0429 e. The van der Waals surface area contributed by atoms with Gasteiger partial charge in [-0.25, -0.2) is 0 Å². The van der Waals surface area contributed by atoms with Crippen LogP contribution in [0.4, 0.5) is 0 Å². The van der Waals surface area contributed by atoms with E-state index in [1.807, 2.05) is 0 Å². The molecule has 1 aliphatic rings. The van der Waals surface area contributed by atoms with Crippen LogP contribution in [0.3, 0.4) is 0 Å². The molecular weight excluding hydrogens is 260 g/mol. The topological polar surface area (TPSA) is 0 Å². The molecule has 0 saturated carbocycles. The Morgan fingerprint density at radius 2 is 2.00 bits per heavy atom. The highest BCUT2D eigenvalue weighted by Crippen LogP contribution is 2.44. The molecule has 1 heteroatoms. The summed E-state index contributed by atoms with van der Waals surface area (Å²) in [6.07, 6.45) is 8.19. The lowest BCUT2D eigenvalue weighted by Gasteiger charge is -2.13. The van der Waals surface area contributed by atoms with Crippen molar-refractivity contribution >= 4 is 15.9 Å². The van der Waals surface area contributed by atoms with Crippen molar-refractivity contribution < 1.29 is 0 Å².